The standard InChI is InChI=1S/C30H57N3O4/c1-5-6-7-8-9-10-11-12-13-16-22-27(34)33-25-20-17-21-26(33)28(35)31-23-18-14-15-19-24-32-29(36)37-30(2,3)4/h26H,5-25H2,1-4H3,(H,31,35)(H,32,36)/t26-/m0/s1. The first-order valence-electron chi connectivity index (χ1n) is 15.3. The van der Waals surface area contributed by atoms with Crippen molar-refractivity contribution in [3.05, 3.63) is 0 Å². The molecule has 216 valence electrons. The molecule has 0 bridgehead atoms. The van der Waals surface area contributed by atoms with E-state index in [-0.39, 0.29) is 23.9 Å². The summed E-state index contributed by atoms with van der Waals surface area (Å²) in [4.78, 5) is 39.1. The van der Waals surface area contributed by atoms with Crippen molar-refractivity contribution < 1.29 is 19.1 Å². The monoisotopic (exact) mass is 523 g/mol. The third kappa shape index (κ3) is 17.4. The number of nitrogens with zero attached hydrogens (tertiary/aromatic N) is 1. The summed E-state index contributed by atoms with van der Waals surface area (Å²) in [6, 6.07) is -0.303. The molecule has 0 aromatic heterocycles. The lowest BCUT2D eigenvalue weighted by molar-refractivity contribution is -0.142. The van der Waals surface area contributed by atoms with E-state index in [1.54, 1.807) is 0 Å². The fourth-order valence-electron chi connectivity index (χ4n) is 4.85. The van der Waals surface area contributed by atoms with Gasteiger partial charge in [-0.15, -0.1) is 0 Å². The Kier molecular flexibility index (Phi) is 18.2. The van der Waals surface area contributed by atoms with Gasteiger partial charge in [0.05, 0.1) is 0 Å². The van der Waals surface area contributed by atoms with Crippen LogP contribution < -0.4 is 10.6 Å². The Morgan fingerprint density at radius 3 is 1.89 bits per heavy atom. The molecule has 1 rings (SSSR count). The molecule has 0 aliphatic carbocycles. The van der Waals surface area contributed by atoms with Crippen LogP contribution in [-0.4, -0.2) is 54.1 Å². The Morgan fingerprint density at radius 2 is 1.30 bits per heavy atom. The van der Waals surface area contributed by atoms with Crippen molar-refractivity contribution in [2.75, 3.05) is 19.6 Å². The van der Waals surface area contributed by atoms with Crippen molar-refractivity contribution in [3.63, 3.8) is 0 Å². The first-order chi connectivity index (χ1) is 17.7. The van der Waals surface area contributed by atoms with Crippen molar-refractivity contribution >= 4 is 17.9 Å². The number of amides is 3. The van der Waals surface area contributed by atoms with Crippen LogP contribution in [0.1, 0.15) is 143 Å². The number of carbonyl (C=O) groups is 3. The van der Waals surface area contributed by atoms with E-state index in [1.807, 2.05) is 25.7 Å². The van der Waals surface area contributed by atoms with E-state index in [0.717, 1.165) is 57.8 Å². The second kappa shape index (κ2) is 20.2. The molecule has 1 fully saturated rings. The third-order valence-electron chi connectivity index (χ3n) is 6.94. The number of piperidine rings is 1. The van der Waals surface area contributed by atoms with E-state index in [2.05, 4.69) is 17.6 Å². The largest absolute Gasteiger partial charge is 0.444 e. The maximum atomic E-state index is 12.9. The predicted molar refractivity (Wildman–Crippen MR) is 152 cm³/mol. The van der Waals surface area contributed by atoms with Crippen LogP contribution in [-0.2, 0) is 14.3 Å². The van der Waals surface area contributed by atoms with Crippen molar-refractivity contribution in [2.24, 2.45) is 0 Å². The predicted octanol–water partition coefficient (Wildman–Crippen LogP) is 6.88. The molecule has 1 aliphatic rings. The summed E-state index contributed by atoms with van der Waals surface area (Å²) in [7, 11) is 0. The van der Waals surface area contributed by atoms with Crippen LogP contribution in [0.3, 0.4) is 0 Å². The second-order valence-corrected chi connectivity index (χ2v) is 11.7. The molecule has 1 atom stereocenters. The zero-order valence-electron chi connectivity index (χ0n) is 24.5. The number of rotatable bonds is 19. The van der Waals surface area contributed by atoms with Crippen molar-refractivity contribution in [1.82, 2.24) is 15.5 Å². The molecule has 0 unspecified atom stereocenters. The molecule has 7 nitrogen and oxygen atoms in total. The maximum absolute atomic E-state index is 12.9. The number of unbranched alkanes of at least 4 members (excludes halogenated alkanes) is 12. The fourth-order valence-corrected chi connectivity index (χ4v) is 4.85. The van der Waals surface area contributed by atoms with Gasteiger partial charge in [0.25, 0.3) is 0 Å². The van der Waals surface area contributed by atoms with Gasteiger partial charge in [-0.3, -0.25) is 9.59 Å². The summed E-state index contributed by atoms with van der Waals surface area (Å²) in [6.07, 6.45) is 19.3. The molecule has 0 spiro atoms. The Bertz CT molecular complexity index is 633. The maximum Gasteiger partial charge on any atom is 0.407 e. The average molecular weight is 524 g/mol. The number of alkyl carbamates (subject to hydrolysis) is 1. The molecule has 1 aliphatic heterocycles. The van der Waals surface area contributed by atoms with Gasteiger partial charge >= 0.3 is 6.09 Å². The first-order valence-corrected chi connectivity index (χ1v) is 15.3. The quantitative estimate of drug-likeness (QED) is 0.181. The minimum absolute atomic E-state index is 0.00251. The zero-order valence-corrected chi connectivity index (χ0v) is 24.5. The molecule has 1 saturated heterocycles. The summed E-state index contributed by atoms with van der Waals surface area (Å²) >= 11 is 0. The van der Waals surface area contributed by atoms with Gasteiger partial charge in [-0.1, -0.05) is 77.6 Å². The summed E-state index contributed by atoms with van der Waals surface area (Å²) in [6.45, 7) is 9.74. The Hall–Kier alpha value is -1.79. The molecule has 0 saturated carbocycles. The van der Waals surface area contributed by atoms with E-state index in [0.29, 0.717) is 26.1 Å². The van der Waals surface area contributed by atoms with Gasteiger partial charge < -0.3 is 20.3 Å². The van der Waals surface area contributed by atoms with Gasteiger partial charge in [-0.05, 0) is 59.3 Å². The molecule has 1 heterocycles. The molecular weight excluding hydrogens is 466 g/mol. The number of hydrogen-bond donors (Lipinski definition) is 2. The second-order valence-electron chi connectivity index (χ2n) is 11.7. The van der Waals surface area contributed by atoms with Crippen LogP contribution in [0, 0.1) is 0 Å². The minimum atomic E-state index is -0.478. The van der Waals surface area contributed by atoms with Gasteiger partial charge in [0, 0.05) is 26.1 Å². The molecule has 7 heteroatoms. The van der Waals surface area contributed by atoms with E-state index in [1.165, 1.54) is 51.4 Å². The lowest BCUT2D eigenvalue weighted by Gasteiger charge is -2.35. The molecule has 2 N–H and O–H groups in total. The normalized spacial score (nSPS) is 15.9. The van der Waals surface area contributed by atoms with Gasteiger partial charge in [0.2, 0.25) is 11.8 Å². The fraction of sp³-hybridized carbons (Fsp3) is 0.900. The lowest BCUT2D eigenvalue weighted by Crippen LogP contribution is -2.52. The van der Waals surface area contributed by atoms with Crippen LogP contribution in [0.5, 0.6) is 0 Å². The number of likely N-dealkylation sites (tertiary alicyclic amines) is 1. The number of hydrogen-bond acceptors (Lipinski definition) is 4. The Labute approximate surface area is 227 Å². The average Bonchev–Trinajstić information content (AvgIpc) is 2.85. The van der Waals surface area contributed by atoms with Gasteiger partial charge in [-0.2, -0.15) is 0 Å². The molecule has 0 radical (unpaired) electrons. The first kappa shape index (κ1) is 33.2. The van der Waals surface area contributed by atoms with Gasteiger partial charge in [0.15, 0.2) is 0 Å². The molecule has 0 aromatic carbocycles. The van der Waals surface area contributed by atoms with E-state index < -0.39 is 5.60 Å². The van der Waals surface area contributed by atoms with Crippen LogP contribution in [0.2, 0.25) is 0 Å². The Balaban J connectivity index is 2.13. The van der Waals surface area contributed by atoms with E-state index >= 15 is 0 Å². The number of nitrogens with one attached hydrogen (secondary N) is 2. The topological polar surface area (TPSA) is 87.7 Å². The SMILES string of the molecule is CCCCCCCCCCCCC(=O)N1CCCC[C@H]1C(=O)NCCCCCCNC(=O)OC(C)(C)C. The summed E-state index contributed by atoms with van der Waals surface area (Å²) in [5, 5.41) is 5.83. The number of carbonyl (C=O) groups excluding carboxylic acids is 3. The highest BCUT2D eigenvalue weighted by Crippen LogP contribution is 2.20. The van der Waals surface area contributed by atoms with E-state index in [4.69, 9.17) is 4.74 Å². The Morgan fingerprint density at radius 1 is 0.757 bits per heavy atom. The number of ether oxygens (including phenoxy) is 1. The molecule has 0 aromatic rings. The van der Waals surface area contributed by atoms with Crippen LogP contribution >= 0.6 is 0 Å². The van der Waals surface area contributed by atoms with Crippen molar-refractivity contribution in [3.8, 4) is 0 Å². The van der Waals surface area contributed by atoms with Gasteiger partial charge in [0.1, 0.15) is 11.6 Å². The smallest absolute Gasteiger partial charge is 0.407 e. The molecule has 3 amide bonds. The highest BCUT2D eigenvalue weighted by molar-refractivity contribution is 5.87. The van der Waals surface area contributed by atoms with Gasteiger partial charge in [-0.25, -0.2) is 4.79 Å². The van der Waals surface area contributed by atoms with Crippen LogP contribution in [0.4, 0.5) is 4.79 Å². The lowest BCUT2D eigenvalue weighted by atomic mass is 10.00. The molecular formula is C30H57N3O4. The molecule has 37 heavy (non-hydrogen) atoms. The summed E-state index contributed by atoms with van der Waals surface area (Å²) in [5.41, 5.74) is -0.478. The van der Waals surface area contributed by atoms with E-state index in [9.17, 15) is 14.4 Å². The summed E-state index contributed by atoms with van der Waals surface area (Å²) in [5.74, 6) is 0.152. The van der Waals surface area contributed by atoms with Crippen LogP contribution in [0.15, 0.2) is 0 Å². The zero-order chi connectivity index (χ0) is 27.4. The highest BCUT2D eigenvalue weighted by atomic mass is 16.6. The van der Waals surface area contributed by atoms with Crippen molar-refractivity contribution in [1.29, 1.82) is 0 Å². The van der Waals surface area contributed by atoms with Crippen LogP contribution in [0.25, 0.3) is 0 Å². The highest BCUT2D eigenvalue weighted by Gasteiger charge is 2.31. The summed E-state index contributed by atoms with van der Waals surface area (Å²) < 4.78 is 5.22. The van der Waals surface area contributed by atoms with Crippen molar-refractivity contribution in [2.45, 2.75) is 155 Å². The minimum Gasteiger partial charge on any atom is -0.444 e. The third-order valence-corrected chi connectivity index (χ3v) is 6.94.